The van der Waals surface area contributed by atoms with E-state index in [4.69, 9.17) is 4.74 Å². The topological polar surface area (TPSA) is 92.2 Å². The van der Waals surface area contributed by atoms with Crippen molar-refractivity contribution in [2.24, 2.45) is 22.4 Å². The Kier molecular flexibility index (Phi) is 3.47. The van der Waals surface area contributed by atoms with Gasteiger partial charge >= 0.3 is 11.2 Å². The molecule has 2 N–H and O–H groups in total. The molecule has 3 aromatic rings. The lowest BCUT2D eigenvalue weighted by Gasteiger charge is -2.55. The molecule has 0 aliphatic heterocycles. The fourth-order valence-corrected chi connectivity index (χ4v) is 4.80. The van der Waals surface area contributed by atoms with E-state index >= 15 is 0 Å². The lowest BCUT2D eigenvalue weighted by molar-refractivity contribution is -0.00127. The lowest BCUT2D eigenvalue weighted by atomic mass is 9.49. The summed E-state index contributed by atoms with van der Waals surface area (Å²) >= 11 is 0. The van der Waals surface area contributed by atoms with Crippen molar-refractivity contribution < 1.29 is 4.74 Å². The number of hydrogen-bond donors (Lipinski definition) is 2. The summed E-state index contributed by atoms with van der Waals surface area (Å²) in [4.78, 5) is 31.4. The van der Waals surface area contributed by atoms with Gasteiger partial charge in [-0.05, 0) is 47.8 Å². The third-order valence-electron chi connectivity index (χ3n) is 6.67. The molecule has 2 atom stereocenters. The number of benzene rings is 1. The van der Waals surface area contributed by atoms with Crippen LogP contribution in [0.1, 0.15) is 26.7 Å². The smallest absolute Gasteiger partial charge is 0.350 e. The number of aromatic nitrogens is 3. The van der Waals surface area contributed by atoms with Gasteiger partial charge in [-0.25, -0.2) is 4.79 Å². The molecule has 6 rings (SSSR count). The molecule has 1 saturated carbocycles. The Hall–Kier alpha value is -3.09. The first-order valence-electron chi connectivity index (χ1n) is 9.50. The van der Waals surface area contributed by atoms with E-state index in [0.717, 1.165) is 34.5 Å². The maximum absolute atomic E-state index is 12.9. The molecule has 144 valence electrons. The van der Waals surface area contributed by atoms with Gasteiger partial charge in [0, 0.05) is 0 Å². The van der Waals surface area contributed by atoms with E-state index in [1.165, 1.54) is 0 Å². The van der Waals surface area contributed by atoms with Gasteiger partial charge in [-0.15, -0.1) is 4.68 Å². The highest BCUT2D eigenvalue weighted by molar-refractivity contribution is 6.07. The number of hydrogen-bond acceptors (Lipinski definition) is 4. The molecule has 7 nitrogen and oxygen atoms in total. The minimum Gasteiger partial charge on any atom is -0.496 e. The third-order valence-corrected chi connectivity index (χ3v) is 6.67. The second kappa shape index (κ2) is 5.70. The second-order valence-corrected chi connectivity index (χ2v) is 8.30. The first-order valence-corrected chi connectivity index (χ1v) is 9.50. The number of nitrogens with zero attached hydrogens (tertiary/aromatic N) is 2. The Balaban J connectivity index is 1.63. The molecule has 0 amide bonds. The molecule has 0 radical (unpaired) electrons. The molecular formula is C21H22N4O3. The first-order chi connectivity index (χ1) is 13.4. The molecule has 2 bridgehead atoms. The Morgan fingerprint density at radius 1 is 1.25 bits per heavy atom. The van der Waals surface area contributed by atoms with E-state index in [1.807, 2.05) is 12.1 Å². The van der Waals surface area contributed by atoms with E-state index in [1.54, 1.807) is 19.4 Å². The SMILES string of the molecule is COc1cccc2[nH]c3c(=O)n(/N=C\C4=CC[C@H]5C[C@H]4C5(C)C)c(=O)[nH]c3c12. The summed E-state index contributed by atoms with van der Waals surface area (Å²) in [7, 11) is 1.56. The van der Waals surface area contributed by atoms with Gasteiger partial charge in [0.2, 0.25) is 0 Å². The van der Waals surface area contributed by atoms with Crippen LogP contribution in [0.15, 0.2) is 44.5 Å². The number of H-pyrrole nitrogens is 2. The number of aromatic amines is 2. The van der Waals surface area contributed by atoms with Crippen LogP contribution in [-0.2, 0) is 0 Å². The van der Waals surface area contributed by atoms with Crippen LogP contribution < -0.4 is 16.0 Å². The number of allylic oxidation sites excluding steroid dienone is 2. The van der Waals surface area contributed by atoms with Crippen LogP contribution >= 0.6 is 0 Å². The highest BCUT2D eigenvalue weighted by Crippen LogP contribution is 2.58. The van der Waals surface area contributed by atoms with Gasteiger partial charge in [0.25, 0.3) is 0 Å². The van der Waals surface area contributed by atoms with Crippen LogP contribution in [0, 0.1) is 17.3 Å². The van der Waals surface area contributed by atoms with Crippen molar-refractivity contribution in [3.63, 3.8) is 0 Å². The standard InChI is InChI=1S/C21H22N4O3/c1-21(2)12-8-7-11(13(21)9-12)10-22-25-19(26)18-17(24-20(25)27)16-14(23-18)5-4-6-15(16)28-3/h4-7,10,12-13,23H,8-9H2,1-3H3,(H,24,27)/b22-10-/t12-,13+/m0/s1. The van der Waals surface area contributed by atoms with Crippen LogP contribution in [0.2, 0.25) is 0 Å². The van der Waals surface area contributed by atoms with Crippen molar-refractivity contribution in [2.75, 3.05) is 7.11 Å². The van der Waals surface area contributed by atoms with E-state index < -0.39 is 11.2 Å². The monoisotopic (exact) mass is 378 g/mol. The Morgan fingerprint density at radius 2 is 2.07 bits per heavy atom. The van der Waals surface area contributed by atoms with E-state index in [9.17, 15) is 9.59 Å². The summed E-state index contributed by atoms with van der Waals surface area (Å²) in [6.45, 7) is 4.55. The third kappa shape index (κ3) is 2.19. The molecule has 1 fully saturated rings. The molecule has 2 heterocycles. The van der Waals surface area contributed by atoms with E-state index in [2.05, 4.69) is 35.0 Å². The van der Waals surface area contributed by atoms with Crippen molar-refractivity contribution >= 4 is 28.2 Å². The highest BCUT2D eigenvalue weighted by atomic mass is 16.5. The average molecular weight is 378 g/mol. The molecule has 0 spiro atoms. The van der Waals surface area contributed by atoms with Gasteiger partial charge in [0.15, 0.2) is 0 Å². The summed E-state index contributed by atoms with van der Waals surface area (Å²) in [5, 5.41) is 4.93. The van der Waals surface area contributed by atoms with Gasteiger partial charge in [0.05, 0.1) is 29.7 Å². The van der Waals surface area contributed by atoms with Crippen LogP contribution in [-0.4, -0.2) is 28.0 Å². The van der Waals surface area contributed by atoms with Crippen molar-refractivity contribution in [1.29, 1.82) is 0 Å². The van der Waals surface area contributed by atoms with E-state index in [0.29, 0.717) is 28.1 Å². The average Bonchev–Trinajstić information content (AvgIpc) is 3.06. The predicted molar refractivity (Wildman–Crippen MR) is 109 cm³/mol. The zero-order valence-corrected chi connectivity index (χ0v) is 16.1. The fourth-order valence-electron chi connectivity index (χ4n) is 4.80. The first kappa shape index (κ1) is 17.0. The van der Waals surface area contributed by atoms with Crippen molar-refractivity contribution in [3.05, 3.63) is 50.7 Å². The van der Waals surface area contributed by atoms with Crippen LogP contribution in [0.4, 0.5) is 0 Å². The zero-order valence-electron chi connectivity index (χ0n) is 16.1. The van der Waals surface area contributed by atoms with Crippen LogP contribution in [0.25, 0.3) is 21.9 Å². The summed E-state index contributed by atoms with van der Waals surface area (Å²) in [5.74, 6) is 1.75. The normalized spacial score (nSPS) is 23.2. The number of methoxy groups -OCH3 is 1. The van der Waals surface area contributed by atoms with Gasteiger partial charge in [-0.3, -0.25) is 4.79 Å². The number of rotatable bonds is 3. The molecule has 7 heteroatoms. The molecule has 1 aromatic carbocycles. The molecule has 2 aromatic heterocycles. The van der Waals surface area contributed by atoms with E-state index in [-0.39, 0.29) is 5.41 Å². The molecule has 0 saturated heterocycles. The molecule has 28 heavy (non-hydrogen) atoms. The summed E-state index contributed by atoms with van der Waals surface area (Å²) in [6, 6.07) is 5.46. The van der Waals surface area contributed by atoms with Crippen molar-refractivity contribution in [2.45, 2.75) is 26.7 Å². The maximum Gasteiger partial charge on any atom is 0.350 e. The lowest BCUT2D eigenvalue weighted by Crippen LogP contribution is -2.48. The van der Waals surface area contributed by atoms with Crippen molar-refractivity contribution in [3.8, 4) is 5.75 Å². The summed E-state index contributed by atoms with van der Waals surface area (Å²) in [6.07, 6.45) is 6.03. The number of ether oxygens (including phenoxy) is 1. The molecular weight excluding hydrogens is 356 g/mol. The predicted octanol–water partition coefficient (Wildman–Crippen LogP) is 3.01. The van der Waals surface area contributed by atoms with Crippen LogP contribution in [0.5, 0.6) is 5.75 Å². The van der Waals surface area contributed by atoms with Crippen molar-refractivity contribution in [1.82, 2.24) is 14.6 Å². The summed E-state index contributed by atoms with van der Waals surface area (Å²) < 4.78 is 6.27. The largest absolute Gasteiger partial charge is 0.496 e. The minimum atomic E-state index is -0.567. The van der Waals surface area contributed by atoms with Gasteiger partial charge in [-0.1, -0.05) is 26.0 Å². The Labute approximate surface area is 160 Å². The summed E-state index contributed by atoms with van der Waals surface area (Å²) in [5.41, 5.74) is 1.79. The molecule has 3 aliphatic rings. The number of fused-ring (bicyclic) bond motifs is 4. The quantitative estimate of drug-likeness (QED) is 0.686. The van der Waals surface area contributed by atoms with Gasteiger partial charge in [-0.2, -0.15) is 5.10 Å². The molecule has 0 unspecified atom stereocenters. The number of nitrogens with one attached hydrogen (secondary N) is 2. The Morgan fingerprint density at radius 3 is 2.79 bits per heavy atom. The zero-order chi connectivity index (χ0) is 19.6. The maximum atomic E-state index is 12.9. The van der Waals surface area contributed by atoms with Gasteiger partial charge in [0.1, 0.15) is 11.3 Å². The second-order valence-electron chi connectivity index (χ2n) is 8.30. The Bertz CT molecular complexity index is 1290. The minimum absolute atomic E-state index is 0.255. The van der Waals surface area contributed by atoms with Gasteiger partial charge < -0.3 is 14.7 Å². The van der Waals surface area contributed by atoms with Crippen LogP contribution in [0.3, 0.4) is 0 Å². The molecule has 3 aliphatic carbocycles. The fraction of sp³-hybridized carbons (Fsp3) is 0.381. The highest BCUT2D eigenvalue weighted by Gasteiger charge is 2.50.